The van der Waals surface area contributed by atoms with Gasteiger partial charge in [-0.2, -0.15) is 0 Å². The molecule has 2 atom stereocenters. The van der Waals surface area contributed by atoms with Gasteiger partial charge in [-0.05, 0) is 31.7 Å². The highest BCUT2D eigenvalue weighted by Crippen LogP contribution is 2.52. The zero-order valence-corrected chi connectivity index (χ0v) is 10.0. The fourth-order valence-corrected chi connectivity index (χ4v) is 2.59. The minimum absolute atomic E-state index is 0.260. The van der Waals surface area contributed by atoms with Crippen LogP contribution in [0.3, 0.4) is 0 Å². The lowest BCUT2D eigenvalue weighted by atomic mass is 10.1. The lowest BCUT2D eigenvalue weighted by molar-refractivity contribution is -0.135. The van der Waals surface area contributed by atoms with Gasteiger partial charge in [0.15, 0.2) is 0 Å². The molecule has 15 heavy (non-hydrogen) atoms. The molecule has 0 aromatic rings. The summed E-state index contributed by atoms with van der Waals surface area (Å²) >= 11 is 0. The molecule has 1 saturated heterocycles. The Morgan fingerprint density at radius 1 is 1.53 bits per heavy atom. The van der Waals surface area contributed by atoms with Crippen molar-refractivity contribution < 1.29 is 4.79 Å². The molecule has 1 aliphatic carbocycles. The summed E-state index contributed by atoms with van der Waals surface area (Å²) in [7, 11) is 0. The van der Waals surface area contributed by atoms with Gasteiger partial charge in [0.05, 0.1) is 0 Å². The molecule has 1 amide bonds. The van der Waals surface area contributed by atoms with Gasteiger partial charge in [0, 0.05) is 25.0 Å². The third-order valence-corrected chi connectivity index (χ3v) is 3.91. The van der Waals surface area contributed by atoms with E-state index in [1.165, 1.54) is 0 Å². The number of hydrogen-bond donors (Lipinski definition) is 1. The molecule has 2 unspecified atom stereocenters. The number of amides is 1. The van der Waals surface area contributed by atoms with Gasteiger partial charge in [-0.25, -0.2) is 0 Å². The second-order valence-corrected chi connectivity index (χ2v) is 5.52. The van der Waals surface area contributed by atoms with Crippen LogP contribution in [-0.4, -0.2) is 36.5 Å². The molecule has 1 saturated carbocycles. The van der Waals surface area contributed by atoms with E-state index in [2.05, 4.69) is 31.0 Å². The first-order valence-corrected chi connectivity index (χ1v) is 6.07. The molecule has 86 valence electrons. The van der Waals surface area contributed by atoms with Gasteiger partial charge >= 0.3 is 0 Å². The quantitative estimate of drug-likeness (QED) is 0.760. The third-order valence-electron chi connectivity index (χ3n) is 3.91. The van der Waals surface area contributed by atoms with E-state index >= 15 is 0 Å². The number of nitrogens with one attached hydrogen (secondary N) is 1. The molecule has 0 spiro atoms. The number of nitrogens with zero attached hydrogens (tertiary/aromatic N) is 1. The Balaban J connectivity index is 1.97. The summed E-state index contributed by atoms with van der Waals surface area (Å²) < 4.78 is 0. The van der Waals surface area contributed by atoms with Crippen molar-refractivity contribution in [3.05, 3.63) is 0 Å². The highest BCUT2D eigenvalue weighted by molar-refractivity contribution is 5.82. The second-order valence-electron chi connectivity index (χ2n) is 5.52. The molecule has 1 aliphatic heterocycles. The van der Waals surface area contributed by atoms with E-state index < -0.39 is 0 Å². The van der Waals surface area contributed by atoms with Gasteiger partial charge in [-0.3, -0.25) is 4.79 Å². The maximum Gasteiger partial charge on any atom is 0.226 e. The smallest absolute Gasteiger partial charge is 0.226 e. The molecule has 3 nitrogen and oxygen atoms in total. The Bertz CT molecular complexity index is 256. The first-order chi connectivity index (χ1) is 7.06. The van der Waals surface area contributed by atoms with Crippen molar-refractivity contribution in [3.63, 3.8) is 0 Å². The summed E-state index contributed by atoms with van der Waals surface area (Å²) in [4.78, 5) is 14.3. The van der Waals surface area contributed by atoms with Gasteiger partial charge in [-0.1, -0.05) is 13.8 Å². The Hall–Kier alpha value is -0.570. The normalized spacial score (nSPS) is 32.7. The van der Waals surface area contributed by atoms with Crippen LogP contribution in [0.5, 0.6) is 0 Å². The van der Waals surface area contributed by atoms with Gasteiger partial charge < -0.3 is 10.2 Å². The van der Waals surface area contributed by atoms with Crippen molar-refractivity contribution in [2.24, 2.45) is 11.3 Å². The standard InChI is InChI=1S/C12H22N2O/c1-4-14(9-5-6-13-8-9)11(15)10-7-12(10,2)3/h9-10,13H,4-8H2,1-3H3. The SMILES string of the molecule is CCN(C(=O)C1CC1(C)C)C1CCNC1. The second kappa shape index (κ2) is 3.78. The molecule has 2 aliphatic rings. The van der Waals surface area contributed by atoms with Gasteiger partial charge in [-0.15, -0.1) is 0 Å². The van der Waals surface area contributed by atoms with Gasteiger partial charge in [0.1, 0.15) is 0 Å². The third kappa shape index (κ3) is 2.03. The Morgan fingerprint density at radius 2 is 2.20 bits per heavy atom. The van der Waals surface area contributed by atoms with Crippen molar-refractivity contribution in [3.8, 4) is 0 Å². The Kier molecular flexibility index (Phi) is 2.75. The van der Waals surface area contributed by atoms with Crippen LogP contribution < -0.4 is 5.32 Å². The van der Waals surface area contributed by atoms with Crippen LogP contribution in [0.1, 0.15) is 33.6 Å². The minimum Gasteiger partial charge on any atom is -0.338 e. The van der Waals surface area contributed by atoms with Crippen LogP contribution in [-0.2, 0) is 4.79 Å². The van der Waals surface area contributed by atoms with Crippen LogP contribution in [0.25, 0.3) is 0 Å². The summed E-state index contributed by atoms with van der Waals surface area (Å²) in [5, 5.41) is 3.33. The van der Waals surface area contributed by atoms with Crippen molar-refractivity contribution in [2.75, 3.05) is 19.6 Å². The average molecular weight is 210 g/mol. The summed E-state index contributed by atoms with van der Waals surface area (Å²) in [6.07, 6.45) is 2.19. The first kappa shape index (κ1) is 10.9. The van der Waals surface area contributed by atoms with E-state index in [0.29, 0.717) is 11.9 Å². The molecule has 1 N–H and O–H groups in total. The van der Waals surface area contributed by atoms with Crippen LogP contribution in [0.15, 0.2) is 0 Å². The highest BCUT2D eigenvalue weighted by atomic mass is 16.2. The maximum absolute atomic E-state index is 12.2. The van der Waals surface area contributed by atoms with Gasteiger partial charge in [0.25, 0.3) is 0 Å². The molecular weight excluding hydrogens is 188 g/mol. The average Bonchev–Trinajstić information content (AvgIpc) is 2.66. The van der Waals surface area contributed by atoms with Crippen molar-refractivity contribution in [1.82, 2.24) is 10.2 Å². The predicted octanol–water partition coefficient (Wildman–Crippen LogP) is 1.24. The van der Waals surface area contributed by atoms with Crippen LogP contribution in [0.2, 0.25) is 0 Å². The largest absolute Gasteiger partial charge is 0.338 e. The van der Waals surface area contributed by atoms with Gasteiger partial charge in [0.2, 0.25) is 5.91 Å². The first-order valence-electron chi connectivity index (χ1n) is 6.07. The number of carbonyl (C=O) groups excluding carboxylic acids is 1. The summed E-state index contributed by atoms with van der Waals surface area (Å²) in [6, 6.07) is 0.443. The van der Waals surface area contributed by atoms with E-state index in [4.69, 9.17) is 0 Å². The van der Waals surface area contributed by atoms with E-state index in [1.54, 1.807) is 0 Å². The molecule has 0 aromatic carbocycles. The summed E-state index contributed by atoms with van der Waals surface area (Å²) in [5.41, 5.74) is 0.260. The van der Waals surface area contributed by atoms with Crippen LogP contribution in [0.4, 0.5) is 0 Å². The Morgan fingerprint density at radius 3 is 2.60 bits per heavy atom. The summed E-state index contributed by atoms with van der Waals surface area (Å²) in [6.45, 7) is 9.37. The molecule has 0 aromatic heterocycles. The van der Waals surface area contributed by atoms with Crippen molar-refractivity contribution in [2.45, 2.75) is 39.7 Å². The van der Waals surface area contributed by atoms with Crippen molar-refractivity contribution >= 4 is 5.91 Å². The fourth-order valence-electron chi connectivity index (χ4n) is 2.59. The molecule has 1 heterocycles. The number of rotatable bonds is 3. The number of carbonyl (C=O) groups is 1. The zero-order chi connectivity index (χ0) is 11.1. The van der Waals surface area contributed by atoms with Crippen LogP contribution in [0, 0.1) is 11.3 Å². The van der Waals surface area contributed by atoms with Crippen LogP contribution >= 0.6 is 0 Å². The molecule has 2 rings (SSSR count). The molecule has 0 radical (unpaired) electrons. The lowest BCUT2D eigenvalue weighted by Gasteiger charge is -2.27. The number of hydrogen-bond acceptors (Lipinski definition) is 2. The molecule has 2 fully saturated rings. The zero-order valence-electron chi connectivity index (χ0n) is 10.0. The highest BCUT2D eigenvalue weighted by Gasteiger charge is 2.52. The minimum atomic E-state index is 0.260. The summed E-state index contributed by atoms with van der Waals surface area (Å²) in [5.74, 6) is 0.675. The van der Waals surface area contributed by atoms with Crippen molar-refractivity contribution in [1.29, 1.82) is 0 Å². The van der Waals surface area contributed by atoms with E-state index in [1.807, 2.05) is 0 Å². The predicted molar refractivity (Wildman–Crippen MR) is 60.5 cm³/mol. The molecular formula is C12H22N2O. The van der Waals surface area contributed by atoms with E-state index in [-0.39, 0.29) is 11.3 Å². The molecule has 0 bridgehead atoms. The monoisotopic (exact) mass is 210 g/mol. The topological polar surface area (TPSA) is 32.3 Å². The maximum atomic E-state index is 12.2. The number of likely N-dealkylation sites (N-methyl/N-ethyl adjacent to an activating group) is 1. The lowest BCUT2D eigenvalue weighted by Crippen LogP contribution is -2.42. The van der Waals surface area contributed by atoms with E-state index in [0.717, 1.165) is 32.5 Å². The molecule has 3 heteroatoms. The van der Waals surface area contributed by atoms with E-state index in [9.17, 15) is 4.79 Å². The fraction of sp³-hybridized carbons (Fsp3) is 0.917. The Labute approximate surface area is 92.2 Å².